The van der Waals surface area contributed by atoms with E-state index in [4.69, 9.17) is 22.1 Å². The first kappa shape index (κ1) is 15.3. The summed E-state index contributed by atoms with van der Waals surface area (Å²) in [6.45, 7) is 0.788. The molecule has 1 aromatic carbocycles. The average molecular weight is 312 g/mol. The Hall–Kier alpha value is -0.640. The number of halogens is 2. The van der Waals surface area contributed by atoms with E-state index >= 15 is 0 Å². The van der Waals surface area contributed by atoms with Crippen LogP contribution >= 0.6 is 11.6 Å². The Morgan fingerprint density at radius 3 is 2.90 bits per heavy atom. The Morgan fingerprint density at radius 2 is 2.14 bits per heavy atom. The highest BCUT2D eigenvalue weighted by Gasteiger charge is 2.41. The predicted octanol–water partition coefficient (Wildman–Crippen LogP) is 4.09. The maximum atomic E-state index is 14.0. The maximum absolute atomic E-state index is 14.0. The molecule has 1 aliphatic heterocycles. The highest BCUT2D eigenvalue weighted by Crippen LogP contribution is 2.43. The third-order valence-electron chi connectivity index (χ3n) is 5.14. The summed E-state index contributed by atoms with van der Waals surface area (Å²) in [7, 11) is 0. The number of hydrogen-bond donors (Lipinski definition) is 1. The van der Waals surface area contributed by atoms with Crippen molar-refractivity contribution in [3.05, 3.63) is 34.6 Å². The summed E-state index contributed by atoms with van der Waals surface area (Å²) in [5, 5.41) is 0.180. The van der Waals surface area contributed by atoms with E-state index in [2.05, 4.69) is 0 Å². The monoisotopic (exact) mass is 311 g/mol. The lowest BCUT2D eigenvalue weighted by atomic mass is 9.79. The molecule has 1 aromatic rings. The fourth-order valence-corrected chi connectivity index (χ4v) is 4.12. The standard InChI is InChI=1S/C17H23ClFNO/c18-14-5-3-4-12(16(14)19)10-15(20)13-6-9-21-17(11-13)7-1-2-8-17/h3-5,13,15H,1-2,6-11,20H2. The minimum Gasteiger partial charge on any atom is -0.375 e. The first-order valence-electron chi connectivity index (χ1n) is 7.92. The highest BCUT2D eigenvalue weighted by molar-refractivity contribution is 6.30. The smallest absolute Gasteiger partial charge is 0.145 e. The summed E-state index contributed by atoms with van der Waals surface area (Å²) in [5.41, 5.74) is 7.07. The molecule has 1 saturated heterocycles. The van der Waals surface area contributed by atoms with Crippen molar-refractivity contribution in [1.29, 1.82) is 0 Å². The van der Waals surface area contributed by atoms with Gasteiger partial charge in [0.05, 0.1) is 10.6 Å². The molecule has 1 aliphatic carbocycles. The predicted molar refractivity (Wildman–Crippen MR) is 83.0 cm³/mol. The van der Waals surface area contributed by atoms with Gasteiger partial charge in [0, 0.05) is 12.6 Å². The van der Waals surface area contributed by atoms with Gasteiger partial charge in [-0.3, -0.25) is 0 Å². The van der Waals surface area contributed by atoms with Crippen molar-refractivity contribution in [2.24, 2.45) is 11.7 Å². The van der Waals surface area contributed by atoms with Gasteiger partial charge in [-0.15, -0.1) is 0 Å². The molecule has 1 heterocycles. The van der Waals surface area contributed by atoms with Crippen molar-refractivity contribution < 1.29 is 9.13 Å². The molecule has 3 rings (SSSR count). The number of hydrogen-bond acceptors (Lipinski definition) is 2. The van der Waals surface area contributed by atoms with Crippen LogP contribution in [0, 0.1) is 11.7 Å². The molecule has 2 unspecified atom stereocenters. The van der Waals surface area contributed by atoms with Crippen LogP contribution in [0.15, 0.2) is 18.2 Å². The zero-order valence-corrected chi connectivity index (χ0v) is 13.0. The van der Waals surface area contributed by atoms with Crippen LogP contribution < -0.4 is 5.73 Å². The van der Waals surface area contributed by atoms with Gasteiger partial charge < -0.3 is 10.5 Å². The largest absolute Gasteiger partial charge is 0.375 e. The Labute approximate surface area is 130 Å². The molecule has 2 nitrogen and oxygen atoms in total. The molecule has 0 amide bonds. The topological polar surface area (TPSA) is 35.2 Å². The Balaban J connectivity index is 1.67. The van der Waals surface area contributed by atoms with Gasteiger partial charge in [0.2, 0.25) is 0 Å². The van der Waals surface area contributed by atoms with Crippen LogP contribution in [-0.4, -0.2) is 18.2 Å². The number of ether oxygens (including phenoxy) is 1. The molecule has 2 fully saturated rings. The molecule has 0 bridgehead atoms. The minimum atomic E-state index is -0.322. The summed E-state index contributed by atoms with van der Waals surface area (Å²) >= 11 is 5.85. The second-order valence-corrected chi connectivity index (χ2v) is 6.98. The Kier molecular flexibility index (Phi) is 4.53. The van der Waals surface area contributed by atoms with E-state index in [0.717, 1.165) is 32.3 Å². The zero-order chi connectivity index (χ0) is 14.9. The second kappa shape index (κ2) is 6.23. The molecular formula is C17H23ClFNO. The number of rotatable bonds is 3. The SMILES string of the molecule is NC(Cc1cccc(Cl)c1F)C1CCOC2(CCCC2)C1. The molecule has 1 saturated carbocycles. The van der Waals surface area contributed by atoms with Gasteiger partial charge in [-0.25, -0.2) is 4.39 Å². The molecule has 0 aromatic heterocycles. The van der Waals surface area contributed by atoms with Crippen LogP contribution in [0.25, 0.3) is 0 Å². The Bertz CT molecular complexity index is 502. The van der Waals surface area contributed by atoms with Gasteiger partial charge in [-0.1, -0.05) is 36.6 Å². The summed E-state index contributed by atoms with van der Waals surface area (Å²) in [6.07, 6.45) is 7.37. The molecule has 1 spiro atoms. The van der Waals surface area contributed by atoms with E-state index in [1.54, 1.807) is 18.2 Å². The fraction of sp³-hybridized carbons (Fsp3) is 0.647. The third kappa shape index (κ3) is 3.25. The summed E-state index contributed by atoms with van der Waals surface area (Å²) < 4.78 is 20.1. The quantitative estimate of drug-likeness (QED) is 0.912. The number of benzene rings is 1. The molecule has 4 heteroatoms. The normalized spacial score (nSPS) is 26.1. The van der Waals surface area contributed by atoms with E-state index in [1.807, 2.05) is 0 Å². The van der Waals surface area contributed by atoms with Crippen LogP contribution in [0.1, 0.15) is 44.1 Å². The van der Waals surface area contributed by atoms with Crippen LogP contribution in [0.4, 0.5) is 4.39 Å². The molecule has 0 radical (unpaired) electrons. The van der Waals surface area contributed by atoms with Crippen molar-refractivity contribution in [3.8, 4) is 0 Å². The van der Waals surface area contributed by atoms with Crippen molar-refractivity contribution in [1.82, 2.24) is 0 Å². The lowest BCUT2D eigenvalue weighted by Crippen LogP contribution is -2.44. The molecule has 116 valence electrons. The van der Waals surface area contributed by atoms with E-state index in [1.165, 1.54) is 12.8 Å². The highest BCUT2D eigenvalue weighted by atomic mass is 35.5. The summed E-state index contributed by atoms with van der Waals surface area (Å²) in [6, 6.07) is 5.12. The third-order valence-corrected chi connectivity index (χ3v) is 5.43. The van der Waals surface area contributed by atoms with Gasteiger partial charge in [-0.05, 0) is 49.7 Å². The van der Waals surface area contributed by atoms with Crippen LogP contribution in [-0.2, 0) is 11.2 Å². The van der Waals surface area contributed by atoms with Crippen molar-refractivity contribution in [2.75, 3.05) is 6.61 Å². The van der Waals surface area contributed by atoms with E-state index in [9.17, 15) is 4.39 Å². The Morgan fingerprint density at radius 1 is 1.38 bits per heavy atom. The van der Waals surface area contributed by atoms with Gasteiger partial charge in [0.25, 0.3) is 0 Å². The van der Waals surface area contributed by atoms with E-state index < -0.39 is 0 Å². The minimum absolute atomic E-state index is 0.0284. The number of nitrogens with two attached hydrogens (primary N) is 1. The molecule has 2 atom stereocenters. The van der Waals surface area contributed by atoms with Gasteiger partial charge in [-0.2, -0.15) is 0 Å². The van der Waals surface area contributed by atoms with E-state index in [-0.39, 0.29) is 22.5 Å². The maximum Gasteiger partial charge on any atom is 0.145 e. The summed E-state index contributed by atoms with van der Waals surface area (Å²) in [4.78, 5) is 0. The van der Waals surface area contributed by atoms with Crippen LogP contribution in [0.5, 0.6) is 0 Å². The van der Waals surface area contributed by atoms with Gasteiger partial charge >= 0.3 is 0 Å². The molecule has 2 N–H and O–H groups in total. The fourth-order valence-electron chi connectivity index (χ4n) is 3.93. The van der Waals surface area contributed by atoms with Gasteiger partial charge in [0.15, 0.2) is 0 Å². The molecular weight excluding hydrogens is 289 g/mol. The van der Waals surface area contributed by atoms with Crippen LogP contribution in [0.2, 0.25) is 5.02 Å². The second-order valence-electron chi connectivity index (χ2n) is 6.57. The van der Waals surface area contributed by atoms with Crippen LogP contribution in [0.3, 0.4) is 0 Å². The van der Waals surface area contributed by atoms with Crippen molar-refractivity contribution >= 4 is 11.6 Å². The van der Waals surface area contributed by atoms with Gasteiger partial charge in [0.1, 0.15) is 5.82 Å². The molecule has 21 heavy (non-hydrogen) atoms. The zero-order valence-electron chi connectivity index (χ0n) is 12.3. The van der Waals surface area contributed by atoms with Crippen molar-refractivity contribution in [3.63, 3.8) is 0 Å². The summed E-state index contributed by atoms with van der Waals surface area (Å²) in [5.74, 6) is 0.0903. The van der Waals surface area contributed by atoms with Crippen molar-refractivity contribution in [2.45, 2.75) is 56.6 Å². The average Bonchev–Trinajstić information content (AvgIpc) is 2.92. The first-order chi connectivity index (χ1) is 10.1. The lowest BCUT2D eigenvalue weighted by molar-refractivity contribution is -0.0961. The first-order valence-corrected chi connectivity index (χ1v) is 8.30. The van der Waals surface area contributed by atoms with E-state index in [0.29, 0.717) is 17.9 Å². The lowest BCUT2D eigenvalue weighted by Gasteiger charge is -2.40. The molecule has 2 aliphatic rings.